The van der Waals surface area contributed by atoms with Crippen molar-refractivity contribution in [3.63, 3.8) is 0 Å². The summed E-state index contributed by atoms with van der Waals surface area (Å²) in [6.45, 7) is 0.977. The molecule has 2 nitrogen and oxygen atoms in total. The number of hydrogen-bond acceptors (Lipinski definition) is 2. The van der Waals surface area contributed by atoms with E-state index in [1.165, 1.54) is 69.0 Å². The van der Waals surface area contributed by atoms with E-state index in [0.717, 1.165) is 12.5 Å². The van der Waals surface area contributed by atoms with E-state index in [9.17, 15) is 0 Å². The molecule has 1 N–H and O–H groups in total. The summed E-state index contributed by atoms with van der Waals surface area (Å²) >= 11 is 0. The molecule has 1 aromatic rings. The Balaban J connectivity index is 1.47. The lowest BCUT2D eigenvalue weighted by atomic mass is 9.73. The highest BCUT2D eigenvalue weighted by molar-refractivity contribution is 5.53. The van der Waals surface area contributed by atoms with Crippen LogP contribution >= 0.6 is 0 Å². The van der Waals surface area contributed by atoms with Gasteiger partial charge in [0.05, 0.1) is 5.60 Å². The smallest absolute Gasteiger partial charge is 0.0686 e. The average molecular weight is 285 g/mol. The van der Waals surface area contributed by atoms with Crippen molar-refractivity contribution in [2.75, 3.05) is 11.9 Å². The van der Waals surface area contributed by atoms with Gasteiger partial charge in [-0.1, -0.05) is 37.5 Å². The lowest BCUT2D eigenvalue weighted by Crippen LogP contribution is -2.46. The third-order valence-corrected chi connectivity index (χ3v) is 5.95. The third kappa shape index (κ3) is 2.70. The van der Waals surface area contributed by atoms with Gasteiger partial charge in [-0.3, -0.25) is 0 Å². The van der Waals surface area contributed by atoms with Crippen molar-refractivity contribution < 1.29 is 4.74 Å². The maximum Gasteiger partial charge on any atom is 0.0686 e. The van der Waals surface area contributed by atoms with Crippen molar-refractivity contribution in [2.24, 2.45) is 5.92 Å². The maximum atomic E-state index is 6.27. The second-order valence-electron chi connectivity index (χ2n) is 7.29. The molecule has 1 spiro atoms. The van der Waals surface area contributed by atoms with E-state index < -0.39 is 0 Å². The molecule has 1 saturated carbocycles. The van der Waals surface area contributed by atoms with E-state index in [1.54, 1.807) is 0 Å². The summed E-state index contributed by atoms with van der Waals surface area (Å²) in [6.07, 6.45) is 11.8. The first kappa shape index (κ1) is 13.6. The maximum absolute atomic E-state index is 6.27. The van der Waals surface area contributed by atoms with Crippen molar-refractivity contribution in [1.29, 1.82) is 0 Å². The first-order chi connectivity index (χ1) is 10.3. The number of hydrogen-bond donors (Lipinski definition) is 1. The Labute approximate surface area is 128 Å². The fourth-order valence-corrected chi connectivity index (χ4v) is 4.77. The van der Waals surface area contributed by atoms with Crippen molar-refractivity contribution in [3.05, 3.63) is 29.8 Å². The number of anilines is 1. The molecule has 3 aliphatic rings. The van der Waals surface area contributed by atoms with E-state index in [0.29, 0.717) is 6.04 Å². The molecular weight excluding hydrogens is 258 g/mol. The Morgan fingerprint density at radius 2 is 1.90 bits per heavy atom. The predicted molar refractivity (Wildman–Crippen MR) is 86.7 cm³/mol. The van der Waals surface area contributed by atoms with Crippen molar-refractivity contribution in [2.45, 2.75) is 69.4 Å². The third-order valence-electron chi connectivity index (χ3n) is 5.95. The first-order valence-corrected chi connectivity index (χ1v) is 8.83. The monoisotopic (exact) mass is 285 g/mol. The number of rotatable bonds is 1. The van der Waals surface area contributed by atoms with Crippen LogP contribution in [0.4, 0.5) is 5.69 Å². The highest BCUT2D eigenvalue weighted by Gasteiger charge is 2.41. The van der Waals surface area contributed by atoms with Gasteiger partial charge in [0.15, 0.2) is 0 Å². The molecule has 4 rings (SSSR count). The minimum absolute atomic E-state index is 0.236. The summed E-state index contributed by atoms with van der Waals surface area (Å²) in [5.74, 6) is 0.796. The molecule has 0 aromatic heterocycles. The minimum atomic E-state index is 0.236. The Hall–Kier alpha value is -1.02. The Bertz CT molecular complexity index is 487. The van der Waals surface area contributed by atoms with Gasteiger partial charge in [0.1, 0.15) is 0 Å². The summed E-state index contributed by atoms with van der Waals surface area (Å²) in [5, 5.41) is 3.83. The molecule has 2 atom stereocenters. The van der Waals surface area contributed by atoms with Gasteiger partial charge in [0.25, 0.3) is 0 Å². The van der Waals surface area contributed by atoms with Crippen LogP contribution in [-0.2, 0) is 11.2 Å². The quantitative estimate of drug-likeness (QED) is 0.817. The molecule has 21 heavy (non-hydrogen) atoms. The summed E-state index contributed by atoms with van der Waals surface area (Å²) in [5.41, 5.74) is 3.10. The number of para-hydroxylation sites is 1. The molecule has 2 heterocycles. The molecule has 1 aromatic carbocycles. The molecule has 0 bridgehead atoms. The molecule has 114 valence electrons. The minimum Gasteiger partial charge on any atom is -0.382 e. The van der Waals surface area contributed by atoms with Crippen molar-refractivity contribution in [1.82, 2.24) is 0 Å². The van der Waals surface area contributed by atoms with Crippen LogP contribution < -0.4 is 5.32 Å². The van der Waals surface area contributed by atoms with Crippen molar-refractivity contribution >= 4 is 5.69 Å². The zero-order valence-corrected chi connectivity index (χ0v) is 12.9. The Morgan fingerprint density at radius 3 is 2.81 bits per heavy atom. The molecule has 2 fully saturated rings. The van der Waals surface area contributed by atoms with E-state index in [1.807, 2.05) is 0 Å². The standard InChI is InChI=1S/C19H27NO/c1-4-11-19(12-5-1)14-16(10-13-21-19)18-9-8-15-6-2-3-7-17(15)20-18/h2-3,6-7,16,18,20H,1,4-5,8-14H2. The summed E-state index contributed by atoms with van der Waals surface area (Å²) in [4.78, 5) is 0. The molecule has 1 aliphatic carbocycles. The average Bonchev–Trinajstić information content (AvgIpc) is 2.55. The molecule has 0 radical (unpaired) electrons. The van der Waals surface area contributed by atoms with Gasteiger partial charge >= 0.3 is 0 Å². The van der Waals surface area contributed by atoms with Crippen LogP contribution in [0.15, 0.2) is 24.3 Å². The Kier molecular flexibility index (Phi) is 3.66. The summed E-state index contributed by atoms with van der Waals surface area (Å²) in [7, 11) is 0. The van der Waals surface area contributed by atoms with Crippen LogP contribution in [0, 0.1) is 5.92 Å². The van der Waals surface area contributed by atoms with Crippen LogP contribution in [-0.4, -0.2) is 18.2 Å². The van der Waals surface area contributed by atoms with Crippen molar-refractivity contribution in [3.8, 4) is 0 Å². The molecule has 1 saturated heterocycles. The molecule has 2 unspecified atom stereocenters. The van der Waals surface area contributed by atoms with Gasteiger partial charge in [0.2, 0.25) is 0 Å². The predicted octanol–water partition coefficient (Wildman–Crippen LogP) is 4.54. The van der Waals surface area contributed by atoms with E-state index in [2.05, 4.69) is 29.6 Å². The molecule has 2 heteroatoms. The van der Waals surface area contributed by atoms with Gasteiger partial charge < -0.3 is 10.1 Å². The fourth-order valence-electron chi connectivity index (χ4n) is 4.77. The number of benzene rings is 1. The van der Waals surface area contributed by atoms with Gasteiger partial charge in [-0.2, -0.15) is 0 Å². The van der Waals surface area contributed by atoms with E-state index in [4.69, 9.17) is 4.74 Å². The van der Waals surface area contributed by atoms with Crippen LogP contribution in [0.25, 0.3) is 0 Å². The number of aryl methyl sites for hydroxylation is 1. The largest absolute Gasteiger partial charge is 0.382 e. The van der Waals surface area contributed by atoms with Crippen LogP contribution in [0.1, 0.15) is 56.9 Å². The Morgan fingerprint density at radius 1 is 1.05 bits per heavy atom. The van der Waals surface area contributed by atoms with Gasteiger partial charge in [-0.25, -0.2) is 0 Å². The fraction of sp³-hybridized carbons (Fsp3) is 0.684. The molecular formula is C19H27NO. The zero-order valence-electron chi connectivity index (χ0n) is 12.9. The van der Waals surface area contributed by atoms with Crippen LogP contribution in [0.3, 0.4) is 0 Å². The topological polar surface area (TPSA) is 21.3 Å². The number of ether oxygens (including phenoxy) is 1. The highest BCUT2D eigenvalue weighted by atomic mass is 16.5. The normalized spacial score (nSPS) is 31.4. The van der Waals surface area contributed by atoms with Gasteiger partial charge in [-0.15, -0.1) is 0 Å². The number of fused-ring (bicyclic) bond motifs is 1. The van der Waals surface area contributed by atoms with Crippen LogP contribution in [0.2, 0.25) is 0 Å². The first-order valence-electron chi connectivity index (χ1n) is 8.83. The lowest BCUT2D eigenvalue weighted by molar-refractivity contribution is -0.119. The zero-order chi connectivity index (χ0) is 14.1. The second kappa shape index (κ2) is 5.64. The van der Waals surface area contributed by atoms with Gasteiger partial charge in [-0.05, 0) is 56.1 Å². The molecule has 2 aliphatic heterocycles. The van der Waals surface area contributed by atoms with Gasteiger partial charge in [0, 0.05) is 18.3 Å². The SMILES string of the molecule is c1ccc2c(c1)CCC(C1CCOC3(CCCCC3)C1)N2. The lowest BCUT2D eigenvalue weighted by Gasteiger charge is -2.46. The highest BCUT2D eigenvalue weighted by Crippen LogP contribution is 2.43. The van der Waals surface area contributed by atoms with E-state index >= 15 is 0 Å². The summed E-state index contributed by atoms with van der Waals surface area (Å²) in [6, 6.07) is 9.48. The number of nitrogens with one attached hydrogen (secondary N) is 1. The van der Waals surface area contributed by atoms with E-state index in [-0.39, 0.29) is 5.60 Å². The summed E-state index contributed by atoms with van der Waals surface area (Å²) < 4.78 is 6.27. The molecule has 0 amide bonds. The second-order valence-corrected chi connectivity index (χ2v) is 7.29. The van der Waals surface area contributed by atoms with Crippen LogP contribution in [0.5, 0.6) is 0 Å².